The van der Waals surface area contributed by atoms with Crippen LogP contribution in [0, 0.1) is 11.3 Å². The standard InChI is InChI=1S/C19H13BrN2O2/c20-17-7-3-6-14(10-17)19-9-8-18(24-19)12-22-23-13-16-5-2-1-4-15(16)11-21/h1-10,12H,13H2/b22-12-. The Morgan fingerprint density at radius 1 is 1.12 bits per heavy atom. The van der Waals surface area contributed by atoms with Gasteiger partial charge >= 0.3 is 0 Å². The first-order valence-corrected chi connectivity index (χ1v) is 8.04. The highest BCUT2D eigenvalue weighted by Gasteiger charge is 2.04. The fraction of sp³-hybridized carbons (Fsp3) is 0.0526. The summed E-state index contributed by atoms with van der Waals surface area (Å²) in [6.07, 6.45) is 1.51. The molecule has 3 rings (SSSR count). The van der Waals surface area contributed by atoms with Crippen molar-refractivity contribution in [1.82, 2.24) is 0 Å². The highest BCUT2D eigenvalue weighted by atomic mass is 79.9. The van der Waals surface area contributed by atoms with Gasteiger partial charge in [-0.05, 0) is 30.3 Å². The second-order valence-corrected chi connectivity index (χ2v) is 5.90. The van der Waals surface area contributed by atoms with Crippen LogP contribution >= 0.6 is 15.9 Å². The van der Waals surface area contributed by atoms with E-state index in [0.717, 1.165) is 21.4 Å². The quantitative estimate of drug-likeness (QED) is 0.455. The van der Waals surface area contributed by atoms with Crippen molar-refractivity contribution in [3.8, 4) is 17.4 Å². The molecule has 0 spiro atoms. The zero-order valence-electron chi connectivity index (χ0n) is 12.6. The molecule has 0 bridgehead atoms. The monoisotopic (exact) mass is 380 g/mol. The van der Waals surface area contributed by atoms with Gasteiger partial charge < -0.3 is 9.25 Å². The molecule has 118 valence electrons. The Labute approximate surface area is 148 Å². The number of halogens is 1. The Kier molecular flexibility index (Phi) is 5.09. The van der Waals surface area contributed by atoms with Gasteiger partial charge in [0.15, 0.2) is 0 Å². The molecule has 4 nitrogen and oxygen atoms in total. The maximum Gasteiger partial charge on any atom is 0.149 e. The van der Waals surface area contributed by atoms with Gasteiger partial charge in [0.1, 0.15) is 24.3 Å². The number of nitrogens with zero attached hydrogens (tertiary/aromatic N) is 2. The van der Waals surface area contributed by atoms with E-state index in [0.29, 0.717) is 11.3 Å². The summed E-state index contributed by atoms with van der Waals surface area (Å²) in [5.74, 6) is 1.35. The minimum absolute atomic E-state index is 0.236. The summed E-state index contributed by atoms with van der Waals surface area (Å²) in [7, 11) is 0. The average molecular weight is 381 g/mol. The molecule has 0 saturated carbocycles. The Morgan fingerprint density at radius 3 is 2.83 bits per heavy atom. The Bertz CT molecular complexity index is 909. The van der Waals surface area contributed by atoms with Crippen LogP contribution in [0.3, 0.4) is 0 Å². The predicted molar refractivity (Wildman–Crippen MR) is 95.4 cm³/mol. The van der Waals surface area contributed by atoms with Crippen LogP contribution in [0.2, 0.25) is 0 Å². The van der Waals surface area contributed by atoms with Crippen molar-refractivity contribution in [2.24, 2.45) is 5.16 Å². The van der Waals surface area contributed by atoms with Gasteiger partial charge in [0.2, 0.25) is 0 Å². The third-order valence-electron chi connectivity index (χ3n) is 3.35. The molecule has 0 aliphatic rings. The summed E-state index contributed by atoms with van der Waals surface area (Å²) in [4.78, 5) is 5.25. The Hall–Kier alpha value is -2.84. The van der Waals surface area contributed by atoms with Crippen LogP contribution in [0.25, 0.3) is 11.3 Å². The van der Waals surface area contributed by atoms with Crippen LogP contribution < -0.4 is 0 Å². The maximum absolute atomic E-state index is 9.02. The molecule has 2 aromatic carbocycles. The van der Waals surface area contributed by atoms with Crippen LogP contribution in [-0.2, 0) is 11.4 Å². The molecule has 0 unspecified atom stereocenters. The molecule has 1 heterocycles. The van der Waals surface area contributed by atoms with E-state index in [1.165, 1.54) is 6.21 Å². The highest BCUT2D eigenvalue weighted by Crippen LogP contribution is 2.24. The van der Waals surface area contributed by atoms with E-state index in [4.69, 9.17) is 14.5 Å². The lowest BCUT2D eigenvalue weighted by Gasteiger charge is -2.01. The Morgan fingerprint density at radius 2 is 2.00 bits per heavy atom. The SMILES string of the molecule is N#Cc1ccccc1CO/N=C\c1ccc(-c2cccc(Br)c2)o1. The van der Waals surface area contributed by atoms with Gasteiger partial charge in [-0.25, -0.2) is 0 Å². The average Bonchev–Trinajstić information content (AvgIpc) is 3.08. The normalized spacial score (nSPS) is 10.7. The molecule has 24 heavy (non-hydrogen) atoms. The molecule has 0 amide bonds. The van der Waals surface area contributed by atoms with Gasteiger partial charge in [0, 0.05) is 15.6 Å². The summed E-state index contributed by atoms with van der Waals surface area (Å²) < 4.78 is 6.71. The zero-order chi connectivity index (χ0) is 16.8. The van der Waals surface area contributed by atoms with Gasteiger partial charge in [-0.15, -0.1) is 0 Å². The first kappa shape index (κ1) is 16.0. The summed E-state index contributed by atoms with van der Waals surface area (Å²) in [5, 5.41) is 12.9. The van der Waals surface area contributed by atoms with Gasteiger partial charge in [0.25, 0.3) is 0 Å². The van der Waals surface area contributed by atoms with Crippen LogP contribution in [0.5, 0.6) is 0 Å². The first-order chi connectivity index (χ1) is 11.8. The number of oxime groups is 1. The van der Waals surface area contributed by atoms with Gasteiger partial charge in [0.05, 0.1) is 11.6 Å². The summed E-state index contributed by atoms with van der Waals surface area (Å²) in [5.41, 5.74) is 2.36. The molecule has 0 saturated heterocycles. The third kappa shape index (κ3) is 3.92. The number of rotatable bonds is 5. The summed E-state index contributed by atoms with van der Waals surface area (Å²) in [6.45, 7) is 0.236. The molecule has 3 aromatic rings. The van der Waals surface area contributed by atoms with Crippen molar-refractivity contribution in [2.75, 3.05) is 0 Å². The van der Waals surface area contributed by atoms with Crippen LogP contribution in [0.1, 0.15) is 16.9 Å². The summed E-state index contributed by atoms with van der Waals surface area (Å²) in [6, 6.07) is 21.0. The van der Waals surface area contributed by atoms with Crippen molar-refractivity contribution in [3.05, 3.63) is 82.0 Å². The van der Waals surface area contributed by atoms with Crippen LogP contribution in [-0.4, -0.2) is 6.21 Å². The molecule has 0 N–H and O–H groups in total. The predicted octanol–water partition coefficient (Wildman–Crippen LogP) is 5.13. The fourth-order valence-corrected chi connectivity index (χ4v) is 2.57. The molecule has 0 radical (unpaired) electrons. The molecular weight excluding hydrogens is 368 g/mol. The number of furan rings is 1. The molecule has 1 aromatic heterocycles. The van der Waals surface area contributed by atoms with Crippen molar-refractivity contribution < 1.29 is 9.25 Å². The second-order valence-electron chi connectivity index (χ2n) is 4.99. The number of hydrogen-bond donors (Lipinski definition) is 0. The lowest BCUT2D eigenvalue weighted by Crippen LogP contribution is -1.91. The first-order valence-electron chi connectivity index (χ1n) is 7.25. The lowest BCUT2D eigenvalue weighted by atomic mass is 10.1. The van der Waals surface area contributed by atoms with Gasteiger partial charge in [-0.3, -0.25) is 0 Å². The van der Waals surface area contributed by atoms with E-state index in [1.54, 1.807) is 6.07 Å². The van der Waals surface area contributed by atoms with E-state index >= 15 is 0 Å². The molecule has 5 heteroatoms. The summed E-state index contributed by atoms with van der Waals surface area (Å²) >= 11 is 3.44. The maximum atomic E-state index is 9.02. The van der Waals surface area contributed by atoms with Crippen molar-refractivity contribution in [3.63, 3.8) is 0 Å². The zero-order valence-corrected chi connectivity index (χ0v) is 14.2. The second kappa shape index (κ2) is 7.62. The van der Waals surface area contributed by atoms with E-state index in [-0.39, 0.29) is 6.61 Å². The fourth-order valence-electron chi connectivity index (χ4n) is 2.17. The van der Waals surface area contributed by atoms with Gasteiger partial charge in [-0.1, -0.05) is 51.4 Å². The third-order valence-corrected chi connectivity index (χ3v) is 3.84. The minimum atomic E-state index is 0.236. The van der Waals surface area contributed by atoms with Crippen LogP contribution in [0.15, 0.2) is 74.7 Å². The molecule has 0 fully saturated rings. The lowest BCUT2D eigenvalue weighted by molar-refractivity contribution is 0.131. The van der Waals surface area contributed by atoms with E-state index in [2.05, 4.69) is 27.2 Å². The highest BCUT2D eigenvalue weighted by molar-refractivity contribution is 9.10. The van der Waals surface area contributed by atoms with Crippen molar-refractivity contribution >= 4 is 22.1 Å². The molecular formula is C19H13BrN2O2. The van der Waals surface area contributed by atoms with E-state index < -0.39 is 0 Å². The Balaban J connectivity index is 1.63. The minimum Gasteiger partial charge on any atom is -0.455 e. The van der Waals surface area contributed by atoms with E-state index in [1.807, 2.05) is 54.6 Å². The van der Waals surface area contributed by atoms with Crippen molar-refractivity contribution in [1.29, 1.82) is 5.26 Å². The number of benzene rings is 2. The topological polar surface area (TPSA) is 58.5 Å². The number of nitriles is 1. The van der Waals surface area contributed by atoms with E-state index in [9.17, 15) is 0 Å². The van der Waals surface area contributed by atoms with Crippen molar-refractivity contribution in [2.45, 2.75) is 6.61 Å². The number of hydrogen-bond acceptors (Lipinski definition) is 4. The molecule has 0 aliphatic carbocycles. The van der Waals surface area contributed by atoms with Crippen LogP contribution in [0.4, 0.5) is 0 Å². The largest absolute Gasteiger partial charge is 0.455 e. The smallest absolute Gasteiger partial charge is 0.149 e. The molecule has 0 atom stereocenters. The van der Waals surface area contributed by atoms with Gasteiger partial charge in [-0.2, -0.15) is 5.26 Å². The molecule has 0 aliphatic heterocycles.